The lowest BCUT2D eigenvalue weighted by Gasteiger charge is -2.07. The van der Waals surface area contributed by atoms with Crippen molar-refractivity contribution in [3.8, 4) is 0 Å². The first kappa shape index (κ1) is 17.5. The first-order valence-electron chi connectivity index (χ1n) is 8.34. The number of benzene rings is 1. The quantitative estimate of drug-likeness (QED) is 0.555. The fourth-order valence-corrected chi connectivity index (χ4v) is 2.65. The fourth-order valence-electron chi connectivity index (χ4n) is 2.65. The highest BCUT2D eigenvalue weighted by atomic mass is 19.1. The number of nitrogens with zero attached hydrogens (tertiary/aromatic N) is 4. The van der Waals surface area contributed by atoms with Gasteiger partial charge < -0.3 is 10.6 Å². The number of amides is 1. The van der Waals surface area contributed by atoms with Crippen LogP contribution in [0.4, 0.5) is 20.4 Å². The molecule has 0 radical (unpaired) electrons. The molecule has 0 aliphatic heterocycles. The predicted molar refractivity (Wildman–Crippen MR) is 98.9 cm³/mol. The zero-order valence-electron chi connectivity index (χ0n) is 14.4. The second-order valence-electron chi connectivity index (χ2n) is 5.94. The van der Waals surface area contributed by atoms with Crippen LogP contribution >= 0.6 is 0 Å². The van der Waals surface area contributed by atoms with Crippen molar-refractivity contribution in [1.29, 1.82) is 0 Å². The van der Waals surface area contributed by atoms with E-state index in [0.29, 0.717) is 22.8 Å². The van der Waals surface area contributed by atoms with Gasteiger partial charge in [-0.25, -0.2) is 23.3 Å². The molecular weight excluding hydrogens is 366 g/mol. The van der Waals surface area contributed by atoms with Crippen molar-refractivity contribution in [3.05, 3.63) is 83.8 Å². The van der Waals surface area contributed by atoms with Crippen LogP contribution in [0.15, 0.2) is 61.1 Å². The summed E-state index contributed by atoms with van der Waals surface area (Å²) >= 11 is 0. The number of pyridine rings is 1. The van der Waals surface area contributed by atoms with Gasteiger partial charge in [-0.1, -0.05) is 6.07 Å². The molecule has 0 aliphatic carbocycles. The van der Waals surface area contributed by atoms with Gasteiger partial charge in [-0.2, -0.15) is 5.10 Å². The summed E-state index contributed by atoms with van der Waals surface area (Å²) < 4.78 is 28.1. The molecule has 1 amide bonds. The fraction of sp³-hybridized carbons (Fsp3) is 0.0526. The third-order valence-corrected chi connectivity index (χ3v) is 3.92. The molecule has 7 nitrogen and oxygen atoms in total. The molecule has 3 aromatic heterocycles. The van der Waals surface area contributed by atoms with Gasteiger partial charge in [-0.15, -0.1) is 0 Å². The molecule has 3 heterocycles. The number of rotatable bonds is 5. The van der Waals surface area contributed by atoms with E-state index in [1.165, 1.54) is 22.8 Å². The molecule has 0 atom stereocenters. The third-order valence-electron chi connectivity index (χ3n) is 3.92. The Kier molecular flexibility index (Phi) is 4.63. The highest BCUT2D eigenvalue weighted by molar-refractivity contribution is 6.07. The molecule has 140 valence electrons. The zero-order chi connectivity index (χ0) is 19.5. The molecule has 28 heavy (non-hydrogen) atoms. The largest absolute Gasteiger partial charge is 0.366 e. The Bertz CT molecular complexity index is 1130. The maximum Gasteiger partial charge on any atom is 0.262 e. The Hall–Kier alpha value is -3.88. The standard InChI is InChI=1S/C19H14F2N6O/c20-13-7-12(8-14(21)9-13)10-23-17-4-6-27-18(25-17)15(11-24-27)19(28)26-16-3-1-2-5-22-16/h1-9,11H,10H2,(H,23,25)(H,22,26,28). The van der Waals surface area contributed by atoms with Crippen molar-refractivity contribution in [1.82, 2.24) is 19.6 Å². The molecule has 4 rings (SSSR count). The Balaban J connectivity index is 1.55. The van der Waals surface area contributed by atoms with Gasteiger partial charge in [0.25, 0.3) is 5.91 Å². The van der Waals surface area contributed by atoms with Gasteiger partial charge in [-0.05, 0) is 35.9 Å². The average Bonchev–Trinajstić information content (AvgIpc) is 3.10. The lowest BCUT2D eigenvalue weighted by atomic mass is 10.2. The molecule has 2 N–H and O–H groups in total. The lowest BCUT2D eigenvalue weighted by Crippen LogP contribution is -2.13. The highest BCUT2D eigenvalue weighted by Gasteiger charge is 2.15. The number of carbonyl (C=O) groups excluding carboxylic acids is 1. The van der Waals surface area contributed by atoms with Gasteiger partial charge in [0, 0.05) is 25.0 Å². The summed E-state index contributed by atoms with van der Waals surface area (Å²) in [4.78, 5) is 20.9. The number of halogens is 2. The number of hydrogen-bond acceptors (Lipinski definition) is 5. The normalized spacial score (nSPS) is 10.8. The smallest absolute Gasteiger partial charge is 0.262 e. The van der Waals surface area contributed by atoms with Crippen LogP contribution in [0.3, 0.4) is 0 Å². The molecule has 1 aromatic carbocycles. The van der Waals surface area contributed by atoms with Crippen molar-refractivity contribution in [2.45, 2.75) is 6.54 Å². The van der Waals surface area contributed by atoms with Gasteiger partial charge in [0.05, 0.1) is 6.20 Å². The minimum absolute atomic E-state index is 0.168. The molecule has 0 saturated heterocycles. The number of hydrogen-bond donors (Lipinski definition) is 2. The van der Waals surface area contributed by atoms with Crippen LogP contribution in [0.5, 0.6) is 0 Å². The van der Waals surface area contributed by atoms with Crippen LogP contribution < -0.4 is 10.6 Å². The van der Waals surface area contributed by atoms with Gasteiger partial charge in [0.2, 0.25) is 0 Å². The molecule has 0 aliphatic rings. The second-order valence-corrected chi connectivity index (χ2v) is 5.94. The van der Waals surface area contributed by atoms with Crippen molar-refractivity contribution < 1.29 is 13.6 Å². The van der Waals surface area contributed by atoms with Crippen LogP contribution in [0.25, 0.3) is 5.65 Å². The van der Waals surface area contributed by atoms with Gasteiger partial charge >= 0.3 is 0 Å². The van der Waals surface area contributed by atoms with E-state index in [2.05, 4.69) is 25.7 Å². The van der Waals surface area contributed by atoms with E-state index >= 15 is 0 Å². The van der Waals surface area contributed by atoms with Crippen molar-refractivity contribution in [3.63, 3.8) is 0 Å². The molecule has 9 heteroatoms. The molecule has 0 saturated carbocycles. The first-order chi connectivity index (χ1) is 13.6. The second kappa shape index (κ2) is 7.39. The van der Waals surface area contributed by atoms with Crippen molar-refractivity contribution >= 4 is 23.2 Å². The van der Waals surface area contributed by atoms with Crippen LogP contribution in [-0.4, -0.2) is 25.5 Å². The lowest BCUT2D eigenvalue weighted by molar-refractivity contribution is 0.102. The maximum absolute atomic E-state index is 13.3. The molecular formula is C19H14F2N6O. The zero-order valence-corrected chi connectivity index (χ0v) is 14.4. The summed E-state index contributed by atoms with van der Waals surface area (Å²) in [6.07, 6.45) is 4.61. The summed E-state index contributed by atoms with van der Waals surface area (Å²) in [5, 5.41) is 9.77. The van der Waals surface area contributed by atoms with Crippen LogP contribution in [-0.2, 0) is 6.54 Å². The Morgan fingerprint density at radius 1 is 1.07 bits per heavy atom. The maximum atomic E-state index is 13.3. The van der Waals surface area contributed by atoms with Crippen molar-refractivity contribution in [2.75, 3.05) is 10.6 Å². The molecule has 0 spiro atoms. The van der Waals surface area contributed by atoms with E-state index in [-0.39, 0.29) is 12.1 Å². The number of carbonyl (C=O) groups is 1. The predicted octanol–water partition coefficient (Wildman–Crippen LogP) is 3.27. The van der Waals surface area contributed by atoms with E-state index in [4.69, 9.17) is 0 Å². The summed E-state index contributed by atoms with van der Waals surface area (Å²) in [6, 6.07) is 10.1. The molecule has 0 bridgehead atoms. The topological polar surface area (TPSA) is 84.2 Å². The Morgan fingerprint density at radius 3 is 2.64 bits per heavy atom. The van der Waals surface area contributed by atoms with E-state index in [1.54, 1.807) is 36.7 Å². The Morgan fingerprint density at radius 2 is 1.89 bits per heavy atom. The van der Waals surface area contributed by atoms with E-state index in [9.17, 15) is 13.6 Å². The average molecular weight is 380 g/mol. The SMILES string of the molecule is O=C(Nc1ccccn1)c1cnn2ccc(NCc3cc(F)cc(F)c3)nc12. The van der Waals surface area contributed by atoms with Crippen LogP contribution in [0.1, 0.15) is 15.9 Å². The van der Waals surface area contributed by atoms with Gasteiger partial charge in [-0.3, -0.25) is 4.79 Å². The monoisotopic (exact) mass is 380 g/mol. The number of nitrogens with one attached hydrogen (secondary N) is 2. The third kappa shape index (κ3) is 3.78. The summed E-state index contributed by atoms with van der Waals surface area (Å²) in [6.45, 7) is 0.168. The Labute approximate surface area is 158 Å². The highest BCUT2D eigenvalue weighted by Crippen LogP contribution is 2.15. The van der Waals surface area contributed by atoms with Crippen LogP contribution in [0.2, 0.25) is 0 Å². The molecule has 4 aromatic rings. The van der Waals surface area contributed by atoms with Crippen molar-refractivity contribution in [2.24, 2.45) is 0 Å². The van der Waals surface area contributed by atoms with E-state index in [0.717, 1.165) is 6.07 Å². The van der Waals surface area contributed by atoms with Crippen LogP contribution in [0, 0.1) is 11.6 Å². The van der Waals surface area contributed by atoms with E-state index in [1.807, 2.05) is 0 Å². The minimum atomic E-state index is -0.649. The summed E-state index contributed by atoms with van der Waals surface area (Å²) in [7, 11) is 0. The van der Waals surface area contributed by atoms with E-state index < -0.39 is 17.5 Å². The number of fused-ring (bicyclic) bond motifs is 1. The van der Waals surface area contributed by atoms with Gasteiger partial charge in [0.15, 0.2) is 5.65 Å². The summed E-state index contributed by atoms with van der Waals surface area (Å²) in [5.41, 5.74) is 1.04. The number of aromatic nitrogens is 4. The number of anilines is 2. The summed E-state index contributed by atoms with van der Waals surface area (Å²) in [5.74, 6) is -0.849. The minimum Gasteiger partial charge on any atom is -0.366 e. The van der Waals surface area contributed by atoms with Gasteiger partial charge in [0.1, 0.15) is 28.8 Å². The molecule has 0 unspecified atom stereocenters. The molecule has 0 fully saturated rings. The first-order valence-corrected chi connectivity index (χ1v) is 8.34.